The Hall–Kier alpha value is -2.96. The number of furan rings is 1. The van der Waals surface area contributed by atoms with E-state index in [-0.39, 0.29) is 12.4 Å². The number of nitrogens with one attached hydrogen (secondary N) is 1. The molecule has 0 spiro atoms. The van der Waals surface area contributed by atoms with Crippen LogP contribution >= 0.6 is 23.1 Å². The number of nitrogens with zero attached hydrogens (tertiary/aromatic N) is 1. The second-order valence-electron chi connectivity index (χ2n) is 5.80. The summed E-state index contributed by atoms with van der Waals surface area (Å²) in [5.41, 5.74) is 1.08. The average molecular weight is 431 g/mol. The van der Waals surface area contributed by atoms with Gasteiger partial charge < -0.3 is 19.2 Å². The lowest BCUT2D eigenvalue weighted by Gasteiger charge is -2.03. The van der Waals surface area contributed by atoms with Gasteiger partial charge >= 0.3 is 5.97 Å². The van der Waals surface area contributed by atoms with Crippen LogP contribution in [0.2, 0.25) is 0 Å². The third-order valence-corrected chi connectivity index (χ3v) is 6.08. The van der Waals surface area contributed by atoms with Gasteiger partial charge in [-0.05, 0) is 50.2 Å². The van der Waals surface area contributed by atoms with Crippen LogP contribution in [0.3, 0.4) is 0 Å². The minimum absolute atomic E-state index is 0.101. The highest BCUT2D eigenvalue weighted by Gasteiger charge is 2.24. The Labute approximate surface area is 175 Å². The van der Waals surface area contributed by atoms with E-state index in [1.807, 2.05) is 24.5 Å². The lowest BCUT2D eigenvalue weighted by molar-refractivity contribution is 0.0531. The van der Waals surface area contributed by atoms with Crippen molar-refractivity contribution in [1.82, 2.24) is 0 Å². The minimum Gasteiger partial charge on any atom is -0.490 e. The number of thioether (sulfide) groups is 1. The maximum absolute atomic E-state index is 12.8. The van der Waals surface area contributed by atoms with E-state index in [0.717, 1.165) is 28.5 Å². The first kappa shape index (κ1) is 20.8. The molecule has 2 heterocycles. The number of hydrogen-bond donors (Lipinski definition) is 1. The van der Waals surface area contributed by atoms with Crippen LogP contribution in [-0.4, -0.2) is 25.1 Å². The number of carbonyl (C=O) groups is 2. The maximum atomic E-state index is 12.8. The standard InChI is InChI=1S/C20H18N2O5S2/c1-4-25-13-8-6-7-12-9-14(27-15(12)13)18(23)22-19-16(28-10-21)11(3)17(29-19)20(24)26-5-2/h6-9H,4-5H2,1-3H3,(H,22,23). The summed E-state index contributed by atoms with van der Waals surface area (Å²) in [6.45, 7) is 6.01. The highest BCUT2D eigenvalue weighted by atomic mass is 32.2. The van der Waals surface area contributed by atoms with Crippen LogP contribution in [-0.2, 0) is 4.74 Å². The summed E-state index contributed by atoms with van der Waals surface area (Å²) in [7, 11) is 0. The number of anilines is 1. The van der Waals surface area contributed by atoms with Crippen molar-refractivity contribution in [3.05, 3.63) is 40.5 Å². The van der Waals surface area contributed by atoms with Crippen molar-refractivity contribution < 1.29 is 23.5 Å². The zero-order valence-electron chi connectivity index (χ0n) is 16.0. The molecule has 9 heteroatoms. The van der Waals surface area contributed by atoms with Crippen molar-refractivity contribution in [2.75, 3.05) is 18.5 Å². The van der Waals surface area contributed by atoms with E-state index in [4.69, 9.17) is 19.2 Å². The summed E-state index contributed by atoms with van der Waals surface area (Å²) in [6.07, 6.45) is 0. The number of carbonyl (C=O) groups excluding carboxylic acids is 2. The molecule has 29 heavy (non-hydrogen) atoms. The van der Waals surface area contributed by atoms with Crippen LogP contribution in [0.15, 0.2) is 33.6 Å². The number of para-hydroxylation sites is 1. The molecule has 0 fully saturated rings. The largest absolute Gasteiger partial charge is 0.490 e. The van der Waals surface area contributed by atoms with E-state index in [9.17, 15) is 9.59 Å². The second-order valence-corrected chi connectivity index (χ2v) is 7.62. The van der Waals surface area contributed by atoms with Gasteiger partial charge in [0.05, 0.1) is 18.1 Å². The summed E-state index contributed by atoms with van der Waals surface area (Å²) in [5.74, 6) is -0.314. The fourth-order valence-electron chi connectivity index (χ4n) is 2.72. The number of amides is 1. The topological polar surface area (TPSA) is 102 Å². The number of nitriles is 1. The summed E-state index contributed by atoms with van der Waals surface area (Å²) >= 11 is 1.95. The molecule has 2 aromatic heterocycles. The van der Waals surface area contributed by atoms with Crippen molar-refractivity contribution in [2.24, 2.45) is 0 Å². The third-order valence-electron chi connectivity index (χ3n) is 3.96. The molecule has 0 radical (unpaired) electrons. The molecule has 3 rings (SSSR count). The van der Waals surface area contributed by atoms with Gasteiger partial charge in [0.1, 0.15) is 15.3 Å². The number of rotatable bonds is 7. The number of fused-ring (bicyclic) bond motifs is 1. The van der Waals surface area contributed by atoms with E-state index >= 15 is 0 Å². The molecule has 0 aliphatic rings. The van der Waals surface area contributed by atoms with Gasteiger partial charge in [-0.1, -0.05) is 12.1 Å². The van der Waals surface area contributed by atoms with Crippen LogP contribution in [0.5, 0.6) is 5.75 Å². The predicted octanol–water partition coefficient (Wildman–Crippen LogP) is 5.20. The molecule has 0 aliphatic heterocycles. The van der Waals surface area contributed by atoms with Crippen LogP contribution < -0.4 is 10.1 Å². The highest BCUT2D eigenvalue weighted by molar-refractivity contribution is 8.04. The number of thiocyanates is 1. The third kappa shape index (κ3) is 4.23. The lowest BCUT2D eigenvalue weighted by Crippen LogP contribution is -2.10. The molecule has 1 amide bonds. The predicted molar refractivity (Wildman–Crippen MR) is 112 cm³/mol. The molecular formula is C20H18N2O5S2. The summed E-state index contributed by atoms with van der Waals surface area (Å²) < 4.78 is 16.3. The quantitative estimate of drug-likeness (QED) is 0.312. The van der Waals surface area contributed by atoms with Gasteiger partial charge in [0.25, 0.3) is 5.91 Å². The molecule has 0 atom stereocenters. The fraction of sp³-hybridized carbons (Fsp3) is 0.250. The molecule has 3 aromatic rings. The minimum atomic E-state index is -0.486. The lowest BCUT2D eigenvalue weighted by atomic mass is 10.2. The van der Waals surface area contributed by atoms with E-state index < -0.39 is 11.9 Å². The van der Waals surface area contributed by atoms with Crippen molar-refractivity contribution in [2.45, 2.75) is 25.7 Å². The van der Waals surface area contributed by atoms with Crippen molar-refractivity contribution in [3.8, 4) is 11.2 Å². The van der Waals surface area contributed by atoms with Gasteiger partial charge in [-0.3, -0.25) is 4.79 Å². The number of thiophene rings is 1. The zero-order valence-corrected chi connectivity index (χ0v) is 17.7. The molecule has 0 unspecified atom stereocenters. The average Bonchev–Trinajstić information content (AvgIpc) is 3.26. The summed E-state index contributed by atoms with van der Waals surface area (Å²) in [5, 5.41) is 15.0. The molecular weight excluding hydrogens is 412 g/mol. The van der Waals surface area contributed by atoms with Crippen molar-refractivity contribution in [1.29, 1.82) is 5.26 Å². The maximum Gasteiger partial charge on any atom is 0.348 e. The van der Waals surface area contributed by atoms with Crippen molar-refractivity contribution >= 4 is 50.9 Å². The second kappa shape index (κ2) is 9.03. The normalized spacial score (nSPS) is 10.6. The van der Waals surface area contributed by atoms with Crippen LogP contribution in [0.25, 0.3) is 11.0 Å². The number of benzene rings is 1. The highest BCUT2D eigenvalue weighted by Crippen LogP contribution is 2.40. The monoisotopic (exact) mass is 430 g/mol. The molecule has 1 aromatic carbocycles. The number of esters is 1. The van der Waals surface area contributed by atoms with Gasteiger partial charge in [-0.25, -0.2) is 4.79 Å². The number of ether oxygens (including phenoxy) is 2. The Morgan fingerprint density at radius 2 is 2.10 bits per heavy atom. The molecule has 0 aliphatic carbocycles. The Kier molecular flexibility index (Phi) is 6.46. The van der Waals surface area contributed by atoms with Crippen LogP contribution in [0, 0.1) is 17.6 Å². The molecule has 7 nitrogen and oxygen atoms in total. The molecule has 0 saturated carbocycles. The summed E-state index contributed by atoms with van der Waals surface area (Å²) in [6, 6.07) is 7.04. The van der Waals surface area contributed by atoms with Gasteiger partial charge in [0.2, 0.25) is 0 Å². The molecule has 0 saturated heterocycles. The van der Waals surface area contributed by atoms with Gasteiger partial charge in [-0.15, -0.1) is 11.3 Å². The first-order chi connectivity index (χ1) is 14.0. The first-order valence-electron chi connectivity index (χ1n) is 8.83. The zero-order chi connectivity index (χ0) is 21.0. The van der Waals surface area contributed by atoms with Gasteiger partial charge in [0, 0.05) is 5.39 Å². The Morgan fingerprint density at radius 1 is 1.31 bits per heavy atom. The van der Waals surface area contributed by atoms with Gasteiger partial charge in [0.15, 0.2) is 17.1 Å². The van der Waals surface area contributed by atoms with Crippen LogP contribution in [0.4, 0.5) is 5.00 Å². The van der Waals surface area contributed by atoms with Crippen molar-refractivity contribution in [3.63, 3.8) is 0 Å². The number of hydrogen-bond acceptors (Lipinski definition) is 8. The summed E-state index contributed by atoms with van der Waals surface area (Å²) in [4.78, 5) is 25.8. The SMILES string of the molecule is CCOC(=O)c1sc(NC(=O)c2cc3cccc(OCC)c3o2)c(SC#N)c1C. The Bertz CT molecular complexity index is 1110. The van der Waals surface area contributed by atoms with E-state index in [0.29, 0.717) is 38.3 Å². The molecule has 1 N–H and O–H groups in total. The van der Waals surface area contributed by atoms with Gasteiger partial charge in [-0.2, -0.15) is 5.26 Å². The van der Waals surface area contributed by atoms with E-state index in [2.05, 4.69) is 5.32 Å². The Balaban J connectivity index is 1.93. The fourth-order valence-corrected chi connectivity index (χ4v) is 4.52. The first-order valence-corrected chi connectivity index (χ1v) is 10.5. The van der Waals surface area contributed by atoms with E-state index in [1.165, 1.54) is 0 Å². The molecule has 150 valence electrons. The Morgan fingerprint density at radius 3 is 2.79 bits per heavy atom. The van der Waals surface area contributed by atoms with Crippen LogP contribution in [0.1, 0.15) is 39.6 Å². The smallest absolute Gasteiger partial charge is 0.348 e. The van der Waals surface area contributed by atoms with E-state index in [1.54, 1.807) is 26.0 Å². The molecule has 0 bridgehead atoms.